The van der Waals surface area contributed by atoms with Crippen molar-refractivity contribution >= 4 is 23.7 Å². The first-order chi connectivity index (χ1) is 14.0. The maximum absolute atomic E-state index is 13.0. The van der Waals surface area contributed by atoms with Crippen molar-refractivity contribution in [3.63, 3.8) is 0 Å². The third-order valence-corrected chi connectivity index (χ3v) is 8.74. The van der Waals surface area contributed by atoms with Crippen LogP contribution in [0.5, 0.6) is 0 Å². The van der Waals surface area contributed by atoms with E-state index in [-0.39, 0.29) is 23.7 Å². The Kier molecular flexibility index (Phi) is 5.95. The fourth-order valence-corrected chi connectivity index (χ4v) is 7.55. The highest BCUT2D eigenvalue weighted by atomic mass is 35.5. The number of rotatable bonds is 4. The van der Waals surface area contributed by atoms with Gasteiger partial charge in [-0.2, -0.15) is 5.10 Å². The van der Waals surface area contributed by atoms with Crippen LogP contribution in [-0.2, 0) is 4.79 Å². The zero-order valence-corrected chi connectivity index (χ0v) is 18.1. The van der Waals surface area contributed by atoms with Crippen LogP contribution in [0, 0.1) is 52.2 Å². The molecule has 5 nitrogen and oxygen atoms in total. The van der Waals surface area contributed by atoms with Crippen LogP contribution in [0.4, 0.5) is 0 Å². The van der Waals surface area contributed by atoms with E-state index in [2.05, 4.69) is 29.4 Å². The summed E-state index contributed by atoms with van der Waals surface area (Å²) in [6.07, 6.45) is 12.9. The van der Waals surface area contributed by atoms with Crippen LogP contribution in [0.3, 0.4) is 0 Å². The molecule has 7 unspecified atom stereocenters. The van der Waals surface area contributed by atoms with Crippen LogP contribution in [-0.4, -0.2) is 23.8 Å². The first-order valence-electron chi connectivity index (χ1n) is 11.1. The van der Waals surface area contributed by atoms with E-state index in [1.165, 1.54) is 30.8 Å². The number of carbonyl (C=O) groups is 1. The summed E-state index contributed by atoms with van der Waals surface area (Å²) in [6.45, 7) is 2.51. The molecule has 158 valence electrons. The summed E-state index contributed by atoms with van der Waals surface area (Å²) in [7, 11) is 0. The maximum atomic E-state index is 13.0. The number of nitrogens with zero attached hydrogens (tertiary/aromatic N) is 2. The predicted molar refractivity (Wildman–Crippen MR) is 116 cm³/mol. The molecule has 3 saturated carbocycles. The van der Waals surface area contributed by atoms with Gasteiger partial charge >= 0.3 is 0 Å². The van der Waals surface area contributed by atoms with E-state index in [1.54, 1.807) is 5.57 Å². The second kappa shape index (κ2) is 8.32. The first kappa shape index (κ1) is 20.8. The van der Waals surface area contributed by atoms with Crippen molar-refractivity contribution in [3.05, 3.63) is 11.6 Å². The minimum absolute atomic E-state index is 0.0904. The number of hydrogen-bond acceptors (Lipinski definition) is 4. The minimum atomic E-state index is 0.0904. The molecular weight excluding hydrogens is 384 g/mol. The summed E-state index contributed by atoms with van der Waals surface area (Å²) < 4.78 is 0. The van der Waals surface area contributed by atoms with Gasteiger partial charge in [-0.1, -0.05) is 24.5 Å². The van der Waals surface area contributed by atoms with E-state index in [4.69, 9.17) is 23.2 Å². The normalized spacial score (nSPS) is 40.9. The molecule has 0 bridgehead atoms. The second-order valence-corrected chi connectivity index (χ2v) is 9.96. The van der Waals surface area contributed by atoms with Crippen molar-refractivity contribution < 1.29 is 4.79 Å². The van der Waals surface area contributed by atoms with Gasteiger partial charge in [-0.05, 0) is 92.1 Å². The Bertz CT molecular complexity index is 769. The Morgan fingerprint density at radius 2 is 2.17 bits per heavy atom. The van der Waals surface area contributed by atoms with E-state index in [1.807, 2.05) is 0 Å². The van der Waals surface area contributed by atoms with Gasteiger partial charge in [0.25, 0.3) is 0 Å². The number of carbonyl (C=O) groups excluding carboxylic acids is 1. The van der Waals surface area contributed by atoms with Crippen LogP contribution < -0.4 is 11.6 Å². The third kappa shape index (κ3) is 3.70. The average molecular weight is 417 g/mol. The molecule has 0 heterocycles. The maximum Gasteiger partial charge on any atom is 0.159 e. The number of fused-ring (bicyclic) bond motifs is 5. The van der Waals surface area contributed by atoms with Gasteiger partial charge in [-0.25, -0.2) is 11.0 Å². The molecule has 0 spiro atoms. The summed E-state index contributed by atoms with van der Waals surface area (Å²) in [5.74, 6) is 12.6. The van der Waals surface area contributed by atoms with Gasteiger partial charge in [0.15, 0.2) is 5.78 Å². The standard InChI is InChI=1S/C23H33ClN4O/c1-23-10-8-18-17-4-2-15(9-11-24)12-16(17)3-5-19(18)20(23)6-7-21(23)22(29)13-28(26)27-14-25/h3,14-15,17-21H,2,4-8,10,12-13,26H2,1H3,(H2,25,27). The van der Waals surface area contributed by atoms with Crippen molar-refractivity contribution in [1.29, 1.82) is 0 Å². The molecule has 0 radical (unpaired) electrons. The van der Waals surface area contributed by atoms with Gasteiger partial charge in [0.1, 0.15) is 12.9 Å². The Labute approximate surface area is 179 Å². The molecule has 7 atom stereocenters. The molecule has 6 heteroatoms. The summed E-state index contributed by atoms with van der Waals surface area (Å²) in [5.41, 5.74) is 7.03. The topological polar surface area (TPSA) is 84.7 Å². The molecule has 4 N–H and O–H groups in total. The zero-order valence-electron chi connectivity index (χ0n) is 17.3. The Morgan fingerprint density at radius 1 is 1.34 bits per heavy atom. The quantitative estimate of drug-likeness (QED) is 0.183. The molecular formula is C23H33ClN4O. The van der Waals surface area contributed by atoms with Crippen molar-refractivity contribution in [2.45, 2.75) is 58.3 Å². The molecule has 0 amide bonds. The Morgan fingerprint density at radius 3 is 2.93 bits per heavy atom. The fourth-order valence-electron chi connectivity index (χ4n) is 7.40. The van der Waals surface area contributed by atoms with Gasteiger partial charge < -0.3 is 5.73 Å². The largest absolute Gasteiger partial charge is 0.388 e. The number of hydrogen-bond donors (Lipinski definition) is 2. The number of allylic oxidation sites excluding steroid dienone is 2. The Hall–Kier alpha value is -1.51. The molecule has 0 aromatic carbocycles. The van der Waals surface area contributed by atoms with Crippen LogP contribution in [0.25, 0.3) is 0 Å². The summed E-state index contributed by atoms with van der Waals surface area (Å²) in [6, 6.07) is 0. The molecule has 4 rings (SSSR count). The number of hydrazone groups is 1. The van der Waals surface area contributed by atoms with Crippen molar-refractivity contribution in [2.24, 2.45) is 57.6 Å². The smallest absolute Gasteiger partial charge is 0.159 e. The monoisotopic (exact) mass is 416 g/mol. The minimum Gasteiger partial charge on any atom is -0.388 e. The third-order valence-electron chi connectivity index (χ3n) is 8.63. The molecule has 0 aliphatic heterocycles. The molecule has 0 aromatic heterocycles. The predicted octanol–water partition coefficient (Wildman–Crippen LogP) is 3.64. The first-order valence-corrected chi connectivity index (χ1v) is 11.4. The molecule has 0 saturated heterocycles. The lowest BCUT2D eigenvalue weighted by molar-refractivity contribution is -0.130. The summed E-state index contributed by atoms with van der Waals surface area (Å²) in [5, 5.41) is 7.58. The lowest BCUT2D eigenvalue weighted by atomic mass is 9.51. The van der Waals surface area contributed by atoms with Crippen LogP contribution >= 0.6 is 11.6 Å². The number of hydrazine groups is 1. The average Bonchev–Trinajstić information content (AvgIpc) is 3.05. The van der Waals surface area contributed by atoms with E-state index < -0.39 is 0 Å². The van der Waals surface area contributed by atoms with E-state index in [0.717, 1.165) is 43.9 Å². The van der Waals surface area contributed by atoms with Crippen molar-refractivity contribution in [2.75, 3.05) is 6.54 Å². The number of Topliss-reactive ketones (excluding diaryl/α,β-unsaturated/α-hetero) is 1. The summed E-state index contributed by atoms with van der Waals surface area (Å²) in [4.78, 5) is 13.0. The van der Waals surface area contributed by atoms with Crippen molar-refractivity contribution in [1.82, 2.24) is 5.12 Å². The van der Waals surface area contributed by atoms with Crippen LogP contribution in [0.15, 0.2) is 16.8 Å². The lowest BCUT2D eigenvalue weighted by Gasteiger charge is -2.53. The highest BCUT2D eigenvalue weighted by Gasteiger charge is 2.57. The highest BCUT2D eigenvalue weighted by Crippen LogP contribution is 2.63. The SMILES string of the molecule is CC12CCC3C4CCC(C#CCl)CC4=CCC3C1CCC2C(=O)CN(N)/N=C\N. The van der Waals surface area contributed by atoms with Gasteiger partial charge in [0, 0.05) is 17.2 Å². The molecule has 0 aromatic rings. The van der Waals surface area contributed by atoms with Crippen LogP contribution in [0.1, 0.15) is 58.3 Å². The fraction of sp³-hybridized carbons (Fsp3) is 0.739. The lowest BCUT2D eigenvalue weighted by Crippen LogP contribution is -2.48. The summed E-state index contributed by atoms with van der Waals surface area (Å²) >= 11 is 5.65. The second-order valence-electron chi connectivity index (χ2n) is 9.78. The zero-order chi connectivity index (χ0) is 20.6. The van der Waals surface area contributed by atoms with Gasteiger partial charge in [-0.3, -0.25) is 4.79 Å². The highest BCUT2D eigenvalue weighted by molar-refractivity contribution is 6.30. The number of halogens is 1. The van der Waals surface area contributed by atoms with E-state index in [9.17, 15) is 4.79 Å². The molecule has 3 fully saturated rings. The van der Waals surface area contributed by atoms with E-state index >= 15 is 0 Å². The van der Waals surface area contributed by atoms with Crippen molar-refractivity contribution in [3.8, 4) is 11.3 Å². The number of ketones is 1. The Balaban J connectivity index is 1.49. The molecule has 4 aliphatic rings. The van der Waals surface area contributed by atoms with Gasteiger partial charge in [0.05, 0.1) is 0 Å². The van der Waals surface area contributed by atoms with E-state index in [0.29, 0.717) is 17.8 Å². The molecule has 4 aliphatic carbocycles. The van der Waals surface area contributed by atoms with Gasteiger partial charge in [-0.15, -0.1) is 0 Å². The number of nitrogens with two attached hydrogens (primary N) is 2. The molecule has 29 heavy (non-hydrogen) atoms. The van der Waals surface area contributed by atoms with Crippen LogP contribution in [0.2, 0.25) is 0 Å². The van der Waals surface area contributed by atoms with Gasteiger partial charge in [0.2, 0.25) is 0 Å².